The van der Waals surface area contributed by atoms with Gasteiger partial charge in [-0.1, -0.05) is 26.5 Å². The first kappa shape index (κ1) is 25.4. The van der Waals surface area contributed by atoms with Gasteiger partial charge in [0.15, 0.2) is 17.3 Å². The van der Waals surface area contributed by atoms with Crippen LogP contribution in [0.4, 0.5) is 9.59 Å². The van der Waals surface area contributed by atoms with E-state index in [2.05, 4.69) is 6.58 Å². The first-order valence-corrected chi connectivity index (χ1v) is 12.8. The molecular formula is C27H29N3O9. The zero-order chi connectivity index (χ0) is 28.0. The molecule has 2 N–H and O–H groups in total. The lowest BCUT2D eigenvalue weighted by Gasteiger charge is -2.40. The van der Waals surface area contributed by atoms with Crippen molar-refractivity contribution >= 4 is 29.5 Å². The molecule has 4 aliphatic heterocycles. The molecule has 0 spiro atoms. The van der Waals surface area contributed by atoms with E-state index in [9.17, 15) is 24.0 Å². The lowest BCUT2D eigenvalue weighted by atomic mass is 9.73. The number of allylic oxidation sites excluding steroid dienone is 4. The molecule has 0 aromatic carbocycles. The van der Waals surface area contributed by atoms with Crippen LogP contribution in [0.25, 0.3) is 0 Å². The van der Waals surface area contributed by atoms with Gasteiger partial charge < -0.3 is 29.6 Å². The maximum absolute atomic E-state index is 14.1. The highest BCUT2D eigenvalue weighted by Gasteiger charge is 2.78. The Labute approximate surface area is 224 Å². The molecule has 4 heterocycles. The van der Waals surface area contributed by atoms with E-state index >= 15 is 0 Å². The van der Waals surface area contributed by atoms with E-state index in [1.807, 2.05) is 13.8 Å². The summed E-state index contributed by atoms with van der Waals surface area (Å²) in [4.78, 5) is 68.5. The van der Waals surface area contributed by atoms with Gasteiger partial charge in [-0.25, -0.2) is 9.59 Å². The fourth-order valence-electron chi connectivity index (χ4n) is 6.98. The Morgan fingerprint density at radius 1 is 1.15 bits per heavy atom. The first-order chi connectivity index (χ1) is 18.5. The predicted molar refractivity (Wildman–Crippen MR) is 131 cm³/mol. The van der Waals surface area contributed by atoms with Gasteiger partial charge in [-0.2, -0.15) is 0 Å². The Bertz CT molecular complexity index is 1370. The number of piperazine rings is 1. The van der Waals surface area contributed by atoms with Crippen LogP contribution in [0, 0.1) is 11.3 Å². The maximum atomic E-state index is 14.1. The van der Waals surface area contributed by atoms with Crippen molar-refractivity contribution in [3.05, 3.63) is 46.6 Å². The molecule has 6 rings (SSSR count). The van der Waals surface area contributed by atoms with Crippen molar-refractivity contribution in [2.45, 2.75) is 50.9 Å². The fraction of sp³-hybridized carbons (Fsp3) is 0.519. The van der Waals surface area contributed by atoms with Gasteiger partial charge in [-0.05, 0) is 5.41 Å². The molecule has 0 unspecified atom stereocenters. The fourth-order valence-corrected chi connectivity index (χ4v) is 6.98. The van der Waals surface area contributed by atoms with E-state index in [-0.39, 0.29) is 66.0 Å². The maximum Gasteiger partial charge on any atom is 0.410 e. The number of nitrogens with zero attached hydrogens (tertiary/aromatic N) is 2. The van der Waals surface area contributed by atoms with Crippen molar-refractivity contribution in [1.82, 2.24) is 9.80 Å². The number of methoxy groups -OCH3 is 1. The summed E-state index contributed by atoms with van der Waals surface area (Å²) >= 11 is 0. The zero-order valence-electron chi connectivity index (χ0n) is 21.9. The van der Waals surface area contributed by atoms with E-state index in [0.29, 0.717) is 24.2 Å². The third kappa shape index (κ3) is 3.36. The number of Topliss-reactive ketones (excluding diaryl/α,β-unsaturated/α-hetero) is 3. The average molecular weight is 540 g/mol. The molecule has 2 aliphatic carbocycles. The number of carbonyl (C=O) groups excluding carboxylic acids is 5. The molecule has 206 valence electrons. The second-order valence-electron chi connectivity index (χ2n) is 11.4. The quantitative estimate of drug-likeness (QED) is 0.308. The normalized spacial score (nSPS) is 31.8. The Kier molecular flexibility index (Phi) is 5.38. The molecule has 0 radical (unpaired) electrons. The Morgan fingerprint density at radius 3 is 2.56 bits per heavy atom. The molecule has 2 fully saturated rings. The number of amides is 2. The van der Waals surface area contributed by atoms with Crippen molar-refractivity contribution in [3.63, 3.8) is 0 Å². The van der Waals surface area contributed by atoms with Gasteiger partial charge in [0.05, 0.1) is 23.2 Å². The Morgan fingerprint density at radius 2 is 1.90 bits per heavy atom. The lowest BCUT2D eigenvalue weighted by molar-refractivity contribution is -0.144. The van der Waals surface area contributed by atoms with Crippen molar-refractivity contribution in [1.29, 1.82) is 0 Å². The molecule has 2 saturated heterocycles. The number of ketones is 3. The number of hydrogen-bond donors (Lipinski definition) is 1. The number of hydrogen-bond acceptors (Lipinski definition) is 10. The Balaban J connectivity index is 1.38. The first-order valence-electron chi connectivity index (χ1n) is 12.8. The summed E-state index contributed by atoms with van der Waals surface area (Å²) in [6.45, 7) is 7.28. The highest BCUT2D eigenvalue weighted by molar-refractivity contribution is 6.26. The molecule has 4 atom stereocenters. The zero-order valence-corrected chi connectivity index (χ0v) is 21.9. The third-order valence-electron chi connectivity index (χ3n) is 8.52. The molecule has 6 aliphatic rings. The largest absolute Gasteiger partial charge is 0.457 e. The molecule has 2 amide bonds. The van der Waals surface area contributed by atoms with Crippen LogP contribution in [-0.4, -0.2) is 84.0 Å². The Hall–Kier alpha value is -3.93. The van der Waals surface area contributed by atoms with Crippen LogP contribution in [0.15, 0.2) is 46.6 Å². The smallest absolute Gasteiger partial charge is 0.410 e. The average Bonchev–Trinajstić information content (AvgIpc) is 3.38. The number of primary amides is 1. The highest BCUT2D eigenvalue weighted by Crippen LogP contribution is 2.61. The molecule has 12 heteroatoms. The molecule has 12 nitrogen and oxygen atoms in total. The van der Waals surface area contributed by atoms with E-state index in [0.717, 1.165) is 0 Å². The van der Waals surface area contributed by atoms with Crippen molar-refractivity contribution in [2.24, 2.45) is 17.1 Å². The van der Waals surface area contributed by atoms with E-state index in [4.69, 9.17) is 24.7 Å². The summed E-state index contributed by atoms with van der Waals surface area (Å²) in [5, 5.41) is 0. The van der Waals surface area contributed by atoms with Crippen LogP contribution < -0.4 is 5.73 Å². The molecular weight excluding hydrogens is 510 g/mol. The standard InChI is InChI=1S/C27H29N3O9/c1-5-6-37-25(35)30-15-10-29-19-18(14(11-38-24(28)34)27(29,36-4)23(15)30)21(33)22-13(20(19)32)7-12-16(31)8-26(2,3)9-17(12)39-22/h5,14-15,23H,1,6-11H2,2-4H3,(H2,28,34)/t14-,15+,23+,27-,30?/m1/s1. The van der Waals surface area contributed by atoms with E-state index < -0.39 is 41.4 Å². The monoisotopic (exact) mass is 539 g/mol. The van der Waals surface area contributed by atoms with Crippen LogP contribution >= 0.6 is 0 Å². The predicted octanol–water partition coefficient (Wildman–Crippen LogP) is 1.47. The number of nitrogens with two attached hydrogens (primary N) is 1. The second-order valence-corrected chi connectivity index (χ2v) is 11.4. The van der Waals surface area contributed by atoms with Gasteiger partial charge in [-0.3, -0.25) is 19.3 Å². The van der Waals surface area contributed by atoms with Crippen molar-refractivity contribution in [3.8, 4) is 0 Å². The summed E-state index contributed by atoms with van der Waals surface area (Å²) in [6, 6.07) is -0.941. The van der Waals surface area contributed by atoms with Crippen LogP contribution in [-0.2, 0) is 33.3 Å². The minimum absolute atomic E-state index is 0.00404. The third-order valence-corrected chi connectivity index (χ3v) is 8.52. The van der Waals surface area contributed by atoms with Gasteiger partial charge in [0, 0.05) is 44.1 Å². The molecule has 39 heavy (non-hydrogen) atoms. The minimum Gasteiger partial charge on any atom is -0.457 e. The molecule has 0 saturated carbocycles. The molecule has 0 aromatic rings. The SMILES string of the molecule is C=CCOC(=O)N1[C@H]2[C@@H]1CN1C3=C(C(=O)C4=C(CC5=C(CC(C)(C)CC5=O)O4)C3=O)[C@@H](COC(N)=O)[C@@]21OC. The van der Waals surface area contributed by atoms with Crippen LogP contribution in [0.1, 0.15) is 33.1 Å². The molecule has 0 aromatic heterocycles. The van der Waals surface area contributed by atoms with Crippen LogP contribution in [0.2, 0.25) is 0 Å². The number of rotatable bonds is 5. The summed E-state index contributed by atoms with van der Waals surface area (Å²) in [6.07, 6.45) is 0.575. The van der Waals surface area contributed by atoms with E-state index in [1.54, 1.807) is 4.90 Å². The van der Waals surface area contributed by atoms with Crippen molar-refractivity contribution < 1.29 is 42.9 Å². The molecule has 0 bridgehead atoms. The summed E-state index contributed by atoms with van der Waals surface area (Å²) < 4.78 is 22.5. The number of carbonyl (C=O) groups is 5. The number of fused-ring (bicyclic) bond motifs is 4. The van der Waals surface area contributed by atoms with Crippen LogP contribution in [0.3, 0.4) is 0 Å². The van der Waals surface area contributed by atoms with Crippen LogP contribution in [0.5, 0.6) is 0 Å². The van der Waals surface area contributed by atoms with E-state index in [1.165, 1.54) is 18.1 Å². The summed E-state index contributed by atoms with van der Waals surface area (Å²) in [5.74, 6) is -1.75. The second kappa shape index (κ2) is 8.28. The van der Waals surface area contributed by atoms with Gasteiger partial charge >= 0.3 is 12.2 Å². The van der Waals surface area contributed by atoms with Gasteiger partial charge in [0.25, 0.3) is 0 Å². The van der Waals surface area contributed by atoms with Gasteiger partial charge in [-0.15, -0.1) is 0 Å². The van der Waals surface area contributed by atoms with Crippen molar-refractivity contribution in [2.75, 3.05) is 26.9 Å². The lowest BCUT2D eigenvalue weighted by Crippen LogP contribution is -2.56. The summed E-state index contributed by atoms with van der Waals surface area (Å²) in [5.41, 5.74) is 4.26. The topological polar surface area (TPSA) is 155 Å². The summed E-state index contributed by atoms with van der Waals surface area (Å²) in [7, 11) is 1.41. The van der Waals surface area contributed by atoms with Gasteiger partial charge in [0.1, 0.15) is 25.0 Å². The minimum atomic E-state index is -1.39. The highest BCUT2D eigenvalue weighted by atomic mass is 16.6. The number of ether oxygens (including phenoxy) is 4. The van der Waals surface area contributed by atoms with Gasteiger partial charge in [0.2, 0.25) is 11.6 Å².